The van der Waals surface area contributed by atoms with E-state index in [0.717, 1.165) is 18.8 Å². The second-order valence-corrected chi connectivity index (χ2v) is 4.32. The summed E-state index contributed by atoms with van der Waals surface area (Å²) in [6.45, 7) is 2.18. The van der Waals surface area contributed by atoms with Crippen LogP contribution >= 0.6 is 0 Å². The standard InChI is InChI=1S/C11H16N4O/c1-7-4-9(5-7)14-11(16)10-6-8(15-12)2-3-13-10/h2-3,6-7,9H,4-5,12H2,1H3,(H,13,15)(H,14,16). The molecule has 0 spiro atoms. The summed E-state index contributed by atoms with van der Waals surface area (Å²) in [6.07, 6.45) is 3.68. The summed E-state index contributed by atoms with van der Waals surface area (Å²) in [5.41, 5.74) is 3.57. The molecule has 1 aliphatic rings. The summed E-state index contributed by atoms with van der Waals surface area (Å²) in [4.78, 5) is 15.8. The van der Waals surface area contributed by atoms with Crippen LogP contribution in [0.15, 0.2) is 18.3 Å². The van der Waals surface area contributed by atoms with Crippen LogP contribution in [0.1, 0.15) is 30.3 Å². The van der Waals surface area contributed by atoms with E-state index in [2.05, 4.69) is 22.7 Å². The molecule has 0 atom stereocenters. The number of nitrogen functional groups attached to an aromatic ring is 1. The minimum Gasteiger partial charge on any atom is -0.348 e. The zero-order valence-corrected chi connectivity index (χ0v) is 9.23. The Hall–Kier alpha value is -1.62. The first-order valence-corrected chi connectivity index (χ1v) is 5.42. The lowest BCUT2D eigenvalue weighted by Crippen LogP contribution is -2.43. The van der Waals surface area contributed by atoms with Gasteiger partial charge in [-0.3, -0.25) is 15.6 Å². The monoisotopic (exact) mass is 220 g/mol. The van der Waals surface area contributed by atoms with Gasteiger partial charge in [0.15, 0.2) is 0 Å². The first-order valence-electron chi connectivity index (χ1n) is 5.42. The predicted octanol–water partition coefficient (Wildman–Crippen LogP) is 0.895. The lowest BCUT2D eigenvalue weighted by atomic mass is 9.82. The van der Waals surface area contributed by atoms with E-state index in [1.807, 2.05) is 0 Å². The maximum atomic E-state index is 11.8. The molecule has 0 bridgehead atoms. The number of nitrogens with two attached hydrogens (primary N) is 1. The van der Waals surface area contributed by atoms with Crippen molar-refractivity contribution in [2.24, 2.45) is 11.8 Å². The summed E-state index contributed by atoms with van der Waals surface area (Å²) in [5.74, 6) is 5.85. The number of hydrogen-bond acceptors (Lipinski definition) is 4. The number of anilines is 1. The van der Waals surface area contributed by atoms with Crippen molar-refractivity contribution in [3.05, 3.63) is 24.0 Å². The van der Waals surface area contributed by atoms with Crippen LogP contribution in [-0.2, 0) is 0 Å². The fourth-order valence-electron chi connectivity index (χ4n) is 1.92. The van der Waals surface area contributed by atoms with Crippen molar-refractivity contribution in [1.29, 1.82) is 0 Å². The summed E-state index contributed by atoms with van der Waals surface area (Å²) in [5, 5.41) is 2.94. The summed E-state index contributed by atoms with van der Waals surface area (Å²) in [7, 11) is 0. The molecule has 1 aliphatic carbocycles. The van der Waals surface area contributed by atoms with E-state index in [0.29, 0.717) is 17.4 Å². The summed E-state index contributed by atoms with van der Waals surface area (Å²) >= 11 is 0. The van der Waals surface area contributed by atoms with Gasteiger partial charge in [0.25, 0.3) is 5.91 Å². The lowest BCUT2D eigenvalue weighted by molar-refractivity contribution is 0.0891. The fourth-order valence-corrected chi connectivity index (χ4v) is 1.92. The molecule has 86 valence electrons. The number of hydrazine groups is 1. The van der Waals surface area contributed by atoms with Crippen molar-refractivity contribution < 1.29 is 4.79 Å². The van der Waals surface area contributed by atoms with Crippen molar-refractivity contribution in [3.63, 3.8) is 0 Å². The van der Waals surface area contributed by atoms with Crippen LogP contribution in [0, 0.1) is 5.92 Å². The zero-order chi connectivity index (χ0) is 11.5. The third-order valence-electron chi connectivity index (χ3n) is 2.87. The van der Waals surface area contributed by atoms with Gasteiger partial charge in [-0.1, -0.05) is 6.92 Å². The number of rotatable bonds is 3. The second-order valence-electron chi connectivity index (χ2n) is 4.32. The Labute approximate surface area is 94.4 Å². The van der Waals surface area contributed by atoms with Gasteiger partial charge in [-0.15, -0.1) is 0 Å². The molecule has 0 aliphatic heterocycles. The number of hydrogen-bond donors (Lipinski definition) is 3. The van der Waals surface area contributed by atoms with E-state index in [1.165, 1.54) is 0 Å². The van der Waals surface area contributed by atoms with Crippen molar-refractivity contribution in [3.8, 4) is 0 Å². The number of pyridine rings is 1. The van der Waals surface area contributed by atoms with Crippen molar-refractivity contribution in [1.82, 2.24) is 10.3 Å². The van der Waals surface area contributed by atoms with Gasteiger partial charge in [-0.05, 0) is 30.9 Å². The highest BCUT2D eigenvalue weighted by atomic mass is 16.1. The van der Waals surface area contributed by atoms with E-state index < -0.39 is 0 Å². The average Bonchev–Trinajstić information content (AvgIpc) is 2.27. The minimum atomic E-state index is -0.131. The molecule has 1 aromatic rings. The molecule has 0 radical (unpaired) electrons. The van der Waals surface area contributed by atoms with Crippen LogP contribution in [0.4, 0.5) is 5.69 Å². The number of amides is 1. The predicted molar refractivity (Wildman–Crippen MR) is 61.7 cm³/mol. The Balaban J connectivity index is 1.97. The first kappa shape index (κ1) is 10.9. The third kappa shape index (κ3) is 2.30. The molecule has 1 fully saturated rings. The van der Waals surface area contributed by atoms with Gasteiger partial charge in [0.2, 0.25) is 0 Å². The quantitative estimate of drug-likeness (QED) is 0.522. The van der Waals surface area contributed by atoms with Crippen LogP contribution in [0.25, 0.3) is 0 Å². The molecular formula is C11H16N4O. The van der Waals surface area contributed by atoms with Gasteiger partial charge >= 0.3 is 0 Å². The lowest BCUT2D eigenvalue weighted by Gasteiger charge is -2.33. The van der Waals surface area contributed by atoms with E-state index in [9.17, 15) is 4.79 Å². The fraction of sp³-hybridized carbons (Fsp3) is 0.455. The second kappa shape index (κ2) is 4.49. The number of carbonyl (C=O) groups excluding carboxylic acids is 1. The Morgan fingerprint density at radius 3 is 2.94 bits per heavy atom. The van der Waals surface area contributed by atoms with E-state index >= 15 is 0 Å². The topological polar surface area (TPSA) is 80.0 Å². The SMILES string of the molecule is CC1CC(NC(=O)c2cc(NN)ccn2)C1. The maximum Gasteiger partial charge on any atom is 0.270 e. The van der Waals surface area contributed by atoms with Crippen molar-refractivity contribution >= 4 is 11.6 Å². The van der Waals surface area contributed by atoms with Gasteiger partial charge < -0.3 is 10.7 Å². The van der Waals surface area contributed by atoms with Gasteiger partial charge in [0.1, 0.15) is 5.69 Å². The van der Waals surface area contributed by atoms with Crippen LogP contribution in [-0.4, -0.2) is 16.9 Å². The molecule has 1 aromatic heterocycles. The van der Waals surface area contributed by atoms with Gasteiger partial charge in [-0.2, -0.15) is 0 Å². The molecule has 4 N–H and O–H groups in total. The summed E-state index contributed by atoms with van der Waals surface area (Å²) in [6, 6.07) is 3.65. The van der Waals surface area contributed by atoms with Gasteiger partial charge in [-0.25, -0.2) is 0 Å². The molecule has 0 unspecified atom stereocenters. The van der Waals surface area contributed by atoms with Gasteiger partial charge in [0, 0.05) is 12.2 Å². The van der Waals surface area contributed by atoms with Crippen LogP contribution < -0.4 is 16.6 Å². The maximum absolute atomic E-state index is 11.8. The van der Waals surface area contributed by atoms with Crippen LogP contribution in [0.2, 0.25) is 0 Å². The van der Waals surface area contributed by atoms with E-state index in [1.54, 1.807) is 18.3 Å². The molecule has 2 rings (SSSR count). The molecule has 16 heavy (non-hydrogen) atoms. The molecule has 1 heterocycles. The highest BCUT2D eigenvalue weighted by Gasteiger charge is 2.27. The number of carbonyl (C=O) groups is 1. The number of aromatic nitrogens is 1. The summed E-state index contributed by atoms with van der Waals surface area (Å²) < 4.78 is 0. The average molecular weight is 220 g/mol. The third-order valence-corrected chi connectivity index (χ3v) is 2.87. The molecule has 0 aromatic carbocycles. The highest BCUT2D eigenvalue weighted by Crippen LogP contribution is 2.26. The Kier molecular flexibility index (Phi) is 3.05. The van der Waals surface area contributed by atoms with E-state index in [-0.39, 0.29) is 5.91 Å². The zero-order valence-electron chi connectivity index (χ0n) is 9.23. The van der Waals surface area contributed by atoms with Crippen molar-refractivity contribution in [2.75, 3.05) is 5.43 Å². The molecular weight excluding hydrogens is 204 g/mol. The minimum absolute atomic E-state index is 0.131. The van der Waals surface area contributed by atoms with Crippen LogP contribution in [0.5, 0.6) is 0 Å². The molecule has 1 saturated carbocycles. The van der Waals surface area contributed by atoms with Crippen LogP contribution in [0.3, 0.4) is 0 Å². The highest BCUT2D eigenvalue weighted by molar-refractivity contribution is 5.93. The molecule has 1 amide bonds. The van der Waals surface area contributed by atoms with Crippen molar-refractivity contribution in [2.45, 2.75) is 25.8 Å². The Morgan fingerprint density at radius 1 is 1.56 bits per heavy atom. The van der Waals surface area contributed by atoms with E-state index in [4.69, 9.17) is 5.84 Å². The number of nitrogens with zero attached hydrogens (tertiary/aromatic N) is 1. The largest absolute Gasteiger partial charge is 0.348 e. The molecule has 0 saturated heterocycles. The van der Waals surface area contributed by atoms with Gasteiger partial charge in [0.05, 0.1) is 5.69 Å². The Bertz CT molecular complexity index is 387. The first-order chi connectivity index (χ1) is 7.69. The molecule has 5 nitrogen and oxygen atoms in total. The number of nitrogens with one attached hydrogen (secondary N) is 2. The Morgan fingerprint density at radius 2 is 2.31 bits per heavy atom. The smallest absolute Gasteiger partial charge is 0.270 e. The molecule has 5 heteroatoms. The normalized spacial score (nSPS) is 23.4.